The minimum atomic E-state index is -0.522. The van der Waals surface area contributed by atoms with Crippen molar-refractivity contribution in [2.45, 2.75) is 10.1 Å². The van der Waals surface area contributed by atoms with Gasteiger partial charge >= 0.3 is 0 Å². The number of thioether (sulfide) groups is 1. The van der Waals surface area contributed by atoms with Crippen molar-refractivity contribution < 1.29 is 19.1 Å². The number of aromatic nitrogens is 1. The van der Waals surface area contributed by atoms with Crippen molar-refractivity contribution in [2.75, 3.05) is 17.7 Å². The molecule has 0 saturated heterocycles. The Labute approximate surface area is 263 Å². The fourth-order valence-electron chi connectivity index (χ4n) is 4.15. The van der Waals surface area contributed by atoms with Crippen LogP contribution in [0.4, 0.5) is 10.8 Å². The van der Waals surface area contributed by atoms with E-state index in [-0.39, 0.29) is 11.6 Å². The summed E-state index contributed by atoms with van der Waals surface area (Å²) in [4.78, 5) is 44.6. The van der Waals surface area contributed by atoms with Crippen LogP contribution in [0.5, 0.6) is 5.75 Å². The summed E-state index contributed by atoms with van der Waals surface area (Å²) in [6.45, 7) is 0. The molecule has 0 spiro atoms. The van der Waals surface area contributed by atoms with Crippen LogP contribution in [-0.4, -0.2) is 29.8 Å². The number of ether oxygens (including phenoxy) is 1. The number of anilines is 2. The minimum Gasteiger partial charge on any atom is -0.497 e. The third-order valence-electron chi connectivity index (χ3n) is 6.30. The standard InChI is InChI=1S/C34H28N4O4S2/c1-42-27-14-8-9-23(21-27)22-29(37-31(39)25-12-6-3-7-13-25)32(40)36-26-15-17-28(18-16-26)44-30(24-10-4-2-5-11-24)33(41)38-34-35-19-20-43-34/h2-22,30H,1H3,(H,36,40)(H,37,39)(H,35,38,41)/b29-22-. The normalized spacial score (nSPS) is 11.7. The van der Waals surface area contributed by atoms with Crippen LogP contribution in [-0.2, 0) is 9.59 Å². The first-order chi connectivity index (χ1) is 21.5. The molecule has 0 aliphatic rings. The first kappa shape index (κ1) is 30.3. The van der Waals surface area contributed by atoms with Crippen molar-refractivity contribution in [2.24, 2.45) is 0 Å². The van der Waals surface area contributed by atoms with Gasteiger partial charge in [0.2, 0.25) is 5.91 Å². The molecule has 1 unspecified atom stereocenters. The smallest absolute Gasteiger partial charge is 0.272 e. The number of methoxy groups -OCH3 is 1. The number of thiazole rings is 1. The molecular weight excluding hydrogens is 593 g/mol. The lowest BCUT2D eigenvalue weighted by atomic mass is 10.1. The molecule has 0 bridgehead atoms. The van der Waals surface area contributed by atoms with Gasteiger partial charge in [-0.25, -0.2) is 4.98 Å². The second-order valence-corrected chi connectivity index (χ2v) is 11.4. The molecule has 5 rings (SSSR count). The summed E-state index contributed by atoms with van der Waals surface area (Å²) < 4.78 is 5.30. The Hall–Kier alpha value is -5.19. The van der Waals surface area contributed by atoms with Gasteiger partial charge in [0, 0.05) is 27.7 Å². The number of hydrogen-bond acceptors (Lipinski definition) is 7. The molecular formula is C34H28N4O4S2. The van der Waals surface area contributed by atoms with Crippen LogP contribution in [0.2, 0.25) is 0 Å². The van der Waals surface area contributed by atoms with E-state index in [9.17, 15) is 14.4 Å². The highest BCUT2D eigenvalue weighted by atomic mass is 32.2. The first-order valence-corrected chi connectivity index (χ1v) is 15.3. The summed E-state index contributed by atoms with van der Waals surface area (Å²) in [6.07, 6.45) is 3.23. The van der Waals surface area contributed by atoms with E-state index in [4.69, 9.17) is 4.74 Å². The molecule has 0 fully saturated rings. The van der Waals surface area contributed by atoms with E-state index in [1.165, 1.54) is 23.1 Å². The van der Waals surface area contributed by atoms with Gasteiger partial charge in [-0.05, 0) is 65.7 Å². The molecule has 0 radical (unpaired) electrons. The Morgan fingerprint density at radius 1 is 0.864 bits per heavy atom. The summed E-state index contributed by atoms with van der Waals surface area (Å²) in [6, 6.07) is 32.5. The predicted octanol–water partition coefficient (Wildman–Crippen LogP) is 7.03. The van der Waals surface area contributed by atoms with Crippen LogP contribution in [0.3, 0.4) is 0 Å². The van der Waals surface area contributed by atoms with Gasteiger partial charge in [0.05, 0.1) is 7.11 Å². The van der Waals surface area contributed by atoms with Crippen LogP contribution in [0.15, 0.2) is 131 Å². The van der Waals surface area contributed by atoms with E-state index < -0.39 is 17.1 Å². The van der Waals surface area contributed by atoms with Gasteiger partial charge in [-0.15, -0.1) is 23.1 Å². The molecule has 1 atom stereocenters. The maximum atomic E-state index is 13.4. The second-order valence-electron chi connectivity index (χ2n) is 9.37. The number of nitrogens with zero attached hydrogens (tertiary/aromatic N) is 1. The second kappa shape index (κ2) is 14.8. The van der Waals surface area contributed by atoms with Crippen molar-refractivity contribution in [1.82, 2.24) is 10.3 Å². The molecule has 44 heavy (non-hydrogen) atoms. The Kier molecular flexibility index (Phi) is 10.2. The maximum absolute atomic E-state index is 13.4. The predicted molar refractivity (Wildman–Crippen MR) is 176 cm³/mol. The number of benzene rings is 4. The molecule has 1 heterocycles. The van der Waals surface area contributed by atoms with Gasteiger partial charge in [-0.3, -0.25) is 14.4 Å². The van der Waals surface area contributed by atoms with E-state index in [2.05, 4.69) is 20.9 Å². The van der Waals surface area contributed by atoms with Crippen molar-refractivity contribution in [1.29, 1.82) is 0 Å². The number of hydrogen-bond donors (Lipinski definition) is 3. The molecule has 3 N–H and O–H groups in total. The van der Waals surface area contributed by atoms with Gasteiger partial charge in [-0.1, -0.05) is 60.7 Å². The van der Waals surface area contributed by atoms with E-state index in [1.807, 2.05) is 54.6 Å². The Morgan fingerprint density at radius 3 is 2.27 bits per heavy atom. The lowest BCUT2D eigenvalue weighted by molar-refractivity contribution is -0.116. The van der Waals surface area contributed by atoms with E-state index in [0.717, 1.165) is 10.5 Å². The third-order valence-corrected chi connectivity index (χ3v) is 8.26. The van der Waals surface area contributed by atoms with Crippen LogP contribution in [0.25, 0.3) is 6.08 Å². The number of nitrogens with one attached hydrogen (secondary N) is 3. The molecule has 0 aliphatic heterocycles. The van der Waals surface area contributed by atoms with Crippen molar-refractivity contribution in [3.05, 3.63) is 143 Å². The molecule has 8 nitrogen and oxygen atoms in total. The summed E-state index contributed by atoms with van der Waals surface area (Å²) in [5.41, 5.74) is 2.54. The van der Waals surface area contributed by atoms with Crippen LogP contribution < -0.4 is 20.7 Å². The average molecular weight is 621 g/mol. The zero-order valence-corrected chi connectivity index (χ0v) is 25.2. The number of amides is 3. The van der Waals surface area contributed by atoms with Gasteiger partial charge in [0.15, 0.2) is 5.13 Å². The third kappa shape index (κ3) is 8.21. The van der Waals surface area contributed by atoms with Crippen molar-refractivity contribution >= 4 is 57.7 Å². The molecule has 0 aliphatic carbocycles. The highest BCUT2D eigenvalue weighted by Gasteiger charge is 2.23. The number of carbonyl (C=O) groups is 3. The molecule has 5 aromatic rings. The summed E-state index contributed by atoms with van der Waals surface area (Å²) >= 11 is 2.74. The average Bonchev–Trinajstić information content (AvgIpc) is 3.58. The van der Waals surface area contributed by atoms with Crippen LogP contribution in [0, 0.1) is 0 Å². The van der Waals surface area contributed by atoms with Crippen LogP contribution in [0.1, 0.15) is 26.7 Å². The quantitative estimate of drug-likeness (QED) is 0.108. The fourth-order valence-corrected chi connectivity index (χ4v) is 5.71. The maximum Gasteiger partial charge on any atom is 0.272 e. The van der Waals surface area contributed by atoms with Gasteiger partial charge in [0.25, 0.3) is 11.8 Å². The highest BCUT2D eigenvalue weighted by molar-refractivity contribution is 8.00. The molecule has 3 amide bonds. The Bertz CT molecular complexity index is 1740. The molecule has 4 aromatic carbocycles. The SMILES string of the molecule is COc1cccc(/C=C(\NC(=O)c2ccccc2)C(=O)Nc2ccc(SC(C(=O)Nc3nccs3)c3ccccc3)cc2)c1. The largest absolute Gasteiger partial charge is 0.497 e. The van der Waals surface area contributed by atoms with E-state index >= 15 is 0 Å². The lowest BCUT2D eigenvalue weighted by Gasteiger charge is -2.16. The van der Waals surface area contributed by atoms with Crippen LogP contribution >= 0.6 is 23.1 Å². The van der Waals surface area contributed by atoms with Gasteiger partial charge < -0.3 is 20.7 Å². The first-order valence-electron chi connectivity index (χ1n) is 13.5. The Balaban J connectivity index is 1.33. The zero-order valence-electron chi connectivity index (χ0n) is 23.6. The summed E-state index contributed by atoms with van der Waals surface area (Å²) in [5.74, 6) is -0.475. The topological polar surface area (TPSA) is 109 Å². The number of carbonyl (C=O) groups excluding carboxylic acids is 3. The van der Waals surface area contributed by atoms with E-state index in [1.54, 1.807) is 79.4 Å². The minimum absolute atomic E-state index is 0.0635. The van der Waals surface area contributed by atoms with Crippen molar-refractivity contribution in [3.63, 3.8) is 0 Å². The monoisotopic (exact) mass is 620 g/mol. The van der Waals surface area contributed by atoms with Gasteiger partial charge in [-0.2, -0.15) is 0 Å². The van der Waals surface area contributed by atoms with Gasteiger partial charge in [0.1, 0.15) is 16.7 Å². The molecule has 10 heteroatoms. The summed E-state index contributed by atoms with van der Waals surface area (Å²) in [5, 5.41) is 10.3. The van der Waals surface area contributed by atoms with E-state index in [0.29, 0.717) is 27.7 Å². The molecule has 220 valence electrons. The molecule has 1 aromatic heterocycles. The fraction of sp³-hybridized carbons (Fsp3) is 0.0588. The number of rotatable bonds is 11. The summed E-state index contributed by atoms with van der Waals surface area (Å²) in [7, 11) is 1.56. The lowest BCUT2D eigenvalue weighted by Crippen LogP contribution is -2.30. The molecule has 0 saturated carbocycles. The van der Waals surface area contributed by atoms with Crippen molar-refractivity contribution in [3.8, 4) is 5.75 Å². The Morgan fingerprint density at radius 2 is 1.59 bits per heavy atom. The highest BCUT2D eigenvalue weighted by Crippen LogP contribution is 2.37. The zero-order chi connectivity index (χ0) is 30.7.